The summed E-state index contributed by atoms with van der Waals surface area (Å²) in [6.45, 7) is 2.02. The van der Waals surface area contributed by atoms with Gasteiger partial charge < -0.3 is 20.0 Å². The van der Waals surface area contributed by atoms with Crippen molar-refractivity contribution in [3.05, 3.63) is 93.6 Å². The second-order valence-corrected chi connectivity index (χ2v) is 10.1. The van der Waals surface area contributed by atoms with Gasteiger partial charge in [0.2, 0.25) is 0 Å². The lowest BCUT2D eigenvalue weighted by molar-refractivity contribution is -0.396. The number of amides is 2. The lowest BCUT2D eigenvalue weighted by Crippen LogP contribution is -2.27. The van der Waals surface area contributed by atoms with E-state index in [0.29, 0.717) is 12.1 Å². The number of imide groups is 1. The normalized spacial score (nSPS) is 16.8. The van der Waals surface area contributed by atoms with Crippen molar-refractivity contribution in [3.63, 3.8) is 0 Å². The van der Waals surface area contributed by atoms with Gasteiger partial charge in [-0.1, -0.05) is 41.4 Å². The minimum absolute atomic E-state index is 0.177. The second kappa shape index (κ2) is 9.52. The summed E-state index contributed by atoms with van der Waals surface area (Å²) in [5.41, 5.74) is 4.95. The third kappa shape index (κ3) is 4.26. The number of anilines is 1. The Labute approximate surface area is 223 Å². The number of hydrogen-bond acceptors (Lipinski definition) is 7. The molecule has 0 aliphatic carbocycles. The lowest BCUT2D eigenvalue weighted by atomic mass is 9.96. The van der Waals surface area contributed by atoms with Crippen LogP contribution >= 0.6 is 0 Å². The van der Waals surface area contributed by atoms with Gasteiger partial charge in [-0.2, -0.15) is 0 Å². The smallest absolute Gasteiger partial charge is 0.390 e. The largest absolute Gasteiger partial charge is 0.434 e. The zero-order chi connectivity index (χ0) is 27.3. The molecule has 0 saturated heterocycles. The Morgan fingerprint density at radius 2 is 1.87 bits per heavy atom. The van der Waals surface area contributed by atoms with Crippen molar-refractivity contribution in [1.82, 2.24) is 24.3 Å². The summed E-state index contributed by atoms with van der Waals surface area (Å²) >= 11 is 0. The highest BCUT2D eigenvalue weighted by Gasteiger charge is 2.38. The van der Waals surface area contributed by atoms with Gasteiger partial charge in [-0.05, 0) is 42.5 Å². The number of nitro groups is 1. The summed E-state index contributed by atoms with van der Waals surface area (Å²) in [7, 11) is 3.63. The molecule has 2 aromatic heterocycles. The number of aromatic nitrogens is 3. The van der Waals surface area contributed by atoms with Crippen LogP contribution in [0.15, 0.2) is 66.5 Å². The Balaban J connectivity index is 1.32. The molecule has 39 heavy (non-hydrogen) atoms. The Morgan fingerprint density at radius 1 is 1.13 bits per heavy atom. The van der Waals surface area contributed by atoms with Crippen molar-refractivity contribution < 1.29 is 14.5 Å². The number of hydrogen-bond donors (Lipinski definition) is 2. The minimum atomic E-state index is -0.486. The fraction of sp³-hybridized carbons (Fsp3) is 0.250. The molecule has 2 aromatic carbocycles. The fourth-order valence-electron chi connectivity index (χ4n) is 5.79. The molecule has 2 N–H and O–H groups in total. The van der Waals surface area contributed by atoms with E-state index in [9.17, 15) is 19.7 Å². The average Bonchev–Trinajstić information content (AvgIpc) is 3.63. The average molecular weight is 526 g/mol. The molecule has 4 heterocycles. The summed E-state index contributed by atoms with van der Waals surface area (Å²) in [4.78, 5) is 42.8. The monoisotopic (exact) mass is 525 g/mol. The number of carbonyl (C=O) groups excluding carboxylic acids is 2. The van der Waals surface area contributed by atoms with Gasteiger partial charge in [-0.15, -0.1) is 0 Å². The Morgan fingerprint density at radius 3 is 2.62 bits per heavy atom. The Hall–Kier alpha value is -4.77. The van der Waals surface area contributed by atoms with E-state index in [1.165, 1.54) is 4.57 Å². The van der Waals surface area contributed by atoms with Gasteiger partial charge in [0.15, 0.2) is 0 Å². The highest BCUT2D eigenvalue weighted by Crippen LogP contribution is 2.40. The van der Waals surface area contributed by atoms with Crippen LogP contribution in [0.4, 0.5) is 11.6 Å². The van der Waals surface area contributed by atoms with E-state index in [-0.39, 0.29) is 17.6 Å². The SMILES string of the molecule is CN(Cc1cnc([N+](=O)[O-])n1C)C[C@H]1Cc2c(C3=C(Nc4ccccc4)C(=O)NC3=O)c3ccccc3n2C1. The standard InChI is InChI=1S/C28H27N7O4/c1-32(16-19-13-29-28(33(19)2)35(38)39)14-17-12-22-23(20-10-6-7-11-21(20)34(22)15-17)24-25(27(37)31-26(24)36)30-18-8-4-3-5-9-18/h3-11,13,17H,12,14-16H2,1-2H3,(H2,30,31,36,37)/t17-/m1/s1. The van der Waals surface area contributed by atoms with Crippen molar-refractivity contribution in [2.24, 2.45) is 13.0 Å². The molecular formula is C28H27N7O4. The number of para-hydroxylation sites is 2. The van der Waals surface area contributed by atoms with E-state index in [1.54, 1.807) is 13.2 Å². The van der Waals surface area contributed by atoms with Crippen molar-refractivity contribution in [1.29, 1.82) is 0 Å². The first-order valence-electron chi connectivity index (χ1n) is 12.7. The number of imidazole rings is 1. The topological polar surface area (TPSA) is 127 Å². The van der Waals surface area contributed by atoms with Crippen LogP contribution in [-0.4, -0.2) is 49.3 Å². The zero-order valence-electron chi connectivity index (χ0n) is 21.5. The Bertz CT molecular complexity index is 1670. The molecule has 11 heteroatoms. The highest BCUT2D eigenvalue weighted by atomic mass is 16.6. The number of benzene rings is 2. The van der Waals surface area contributed by atoms with Crippen molar-refractivity contribution in [3.8, 4) is 0 Å². The van der Waals surface area contributed by atoms with Gasteiger partial charge in [0.05, 0.1) is 19.2 Å². The van der Waals surface area contributed by atoms with Crippen molar-refractivity contribution >= 4 is 39.9 Å². The fourth-order valence-corrected chi connectivity index (χ4v) is 5.79. The van der Waals surface area contributed by atoms with E-state index in [2.05, 4.69) is 25.1 Å². The van der Waals surface area contributed by atoms with Gasteiger partial charge in [0.25, 0.3) is 11.8 Å². The van der Waals surface area contributed by atoms with Crippen LogP contribution in [0.2, 0.25) is 0 Å². The molecule has 1 atom stereocenters. The first kappa shape index (κ1) is 24.6. The van der Waals surface area contributed by atoms with Crippen LogP contribution in [0, 0.1) is 16.0 Å². The number of rotatable bonds is 8. The van der Waals surface area contributed by atoms with E-state index in [0.717, 1.165) is 53.1 Å². The Kier molecular flexibility index (Phi) is 5.99. The molecule has 0 unspecified atom stereocenters. The van der Waals surface area contributed by atoms with Crippen LogP contribution in [0.5, 0.6) is 0 Å². The van der Waals surface area contributed by atoms with Crippen molar-refractivity contribution in [2.75, 3.05) is 18.9 Å². The highest BCUT2D eigenvalue weighted by molar-refractivity contribution is 6.38. The van der Waals surface area contributed by atoms with Gasteiger partial charge in [0, 0.05) is 40.9 Å². The molecule has 6 rings (SSSR count). The summed E-state index contributed by atoms with van der Waals surface area (Å²) < 4.78 is 3.75. The molecule has 198 valence electrons. The quantitative estimate of drug-likeness (QED) is 0.206. The van der Waals surface area contributed by atoms with Gasteiger partial charge in [0.1, 0.15) is 17.6 Å². The predicted molar refractivity (Wildman–Crippen MR) is 145 cm³/mol. The first-order valence-corrected chi connectivity index (χ1v) is 12.7. The van der Waals surface area contributed by atoms with Crippen LogP contribution in [0.1, 0.15) is 17.0 Å². The predicted octanol–water partition coefficient (Wildman–Crippen LogP) is 3.07. The van der Waals surface area contributed by atoms with E-state index in [1.807, 2.05) is 61.6 Å². The first-order chi connectivity index (χ1) is 18.8. The second-order valence-electron chi connectivity index (χ2n) is 10.1. The maximum atomic E-state index is 13.2. The van der Waals surface area contributed by atoms with Crippen LogP contribution in [0.3, 0.4) is 0 Å². The summed E-state index contributed by atoms with van der Waals surface area (Å²) in [6, 6.07) is 17.3. The summed E-state index contributed by atoms with van der Waals surface area (Å²) in [5, 5.41) is 17.8. The van der Waals surface area contributed by atoms with E-state index in [4.69, 9.17) is 0 Å². The molecule has 2 aliphatic heterocycles. The lowest BCUT2D eigenvalue weighted by Gasteiger charge is -2.20. The zero-order valence-corrected chi connectivity index (χ0v) is 21.5. The molecule has 0 spiro atoms. The molecule has 0 fully saturated rings. The van der Waals surface area contributed by atoms with Crippen LogP contribution in [0.25, 0.3) is 16.5 Å². The number of nitrogens with zero attached hydrogens (tertiary/aromatic N) is 5. The molecule has 4 aromatic rings. The summed E-state index contributed by atoms with van der Waals surface area (Å²) in [5.74, 6) is -0.773. The maximum Gasteiger partial charge on any atom is 0.434 e. The minimum Gasteiger partial charge on any atom is -0.390 e. The van der Waals surface area contributed by atoms with Gasteiger partial charge in [-0.25, -0.2) is 4.57 Å². The number of fused-ring (bicyclic) bond motifs is 3. The maximum absolute atomic E-state index is 13.2. The molecule has 0 bridgehead atoms. The number of nitrogens with one attached hydrogen (secondary N) is 2. The molecule has 2 aliphatic rings. The summed E-state index contributed by atoms with van der Waals surface area (Å²) in [6.07, 6.45) is 2.27. The third-order valence-electron chi connectivity index (χ3n) is 7.45. The van der Waals surface area contributed by atoms with Gasteiger partial charge >= 0.3 is 5.95 Å². The number of carbonyl (C=O) groups is 2. The third-order valence-corrected chi connectivity index (χ3v) is 7.45. The van der Waals surface area contributed by atoms with Crippen molar-refractivity contribution in [2.45, 2.75) is 19.5 Å². The van der Waals surface area contributed by atoms with Crippen LogP contribution < -0.4 is 10.6 Å². The van der Waals surface area contributed by atoms with Crippen LogP contribution in [-0.2, 0) is 36.1 Å². The van der Waals surface area contributed by atoms with E-state index >= 15 is 0 Å². The molecule has 2 amide bonds. The van der Waals surface area contributed by atoms with Gasteiger partial charge in [-0.3, -0.25) is 19.8 Å². The molecule has 11 nitrogen and oxygen atoms in total. The molecule has 0 radical (unpaired) electrons. The van der Waals surface area contributed by atoms with E-state index < -0.39 is 16.7 Å². The molecular weight excluding hydrogens is 498 g/mol. The molecule has 0 saturated carbocycles.